The summed E-state index contributed by atoms with van der Waals surface area (Å²) >= 11 is 5.96. The van der Waals surface area contributed by atoms with Crippen LogP contribution < -0.4 is 9.64 Å². The van der Waals surface area contributed by atoms with Crippen LogP contribution in [0.25, 0.3) is 0 Å². The normalized spacial score (nSPS) is 17.8. The highest BCUT2D eigenvalue weighted by Gasteiger charge is 2.32. The van der Waals surface area contributed by atoms with E-state index in [4.69, 9.17) is 16.3 Å². The standard InChI is InChI=1S/C20H21ClFNO2/c1-12-10-16(21)6-9-19(12)25-14(3)20(24)23-13(2)4-5-15-11-17(22)7-8-18(15)23/h6-11,13-14H,4-5H2,1-3H3/t13-,14+/m1/s1. The molecule has 1 heterocycles. The van der Waals surface area contributed by atoms with Gasteiger partial charge in [0, 0.05) is 16.8 Å². The number of aryl methyl sites for hydroxylation is 2. The molecule has 0 aromatic heterocycles. The van der Waals surface area contributed by atoms with Crippen LogP contribution in [0.4, 0.5) is 10.1 Å². The van der Waals surface area contributed by atoms with E-state index in [-0.39, 0.29) is 17.8 Å². The highest BCUT2D eigenvalue weighted by molar-refractivity contribution is 6.30. The minimum Gasteiger partial charge on any atom is -0.481 e. The molecule has 0 unspecified atom stereocenters. The van der Waals surface area contributed by atoms with Crippen molar-refractivity contribution in [3.05, 3.63) is 58.4 Å². The predicted molar refractivity (Wildman–Crippen MR) is 97.9 cm³/mol. The summed E-state index contributed by atoms with van der Waals surface area (Å²) < 4.78 is 19.4. The molecule has 0 spiro atoms. The number of hydrogen-bond acceptors (Lipinski definition) is 2. The number of carbonyl (C=O) groups is 1. The fourth-order valence-corrected chi connectivity index (χ4v) is 3.46. The van der Waals surface area contributed by atoms with Crippen molar-refractivity contribution in [1.82, 2.24) is 0 Å². The number of nitrogens with zero attached hydrogens (tertiary/aromatic N) is 1. The first kappa shape index (κ1) is 17.7. The molecular formula is C20H21ClFNO2. The summed E-state index contributed by atoms with van der Waals surface area (Å²) in [6.07, 6.45) is 0.914. The van der Waals surface area contributed by atoms with Crippen molar-refractivity contribution in [3.8, 4) is 5.75 Å². The minimum atomic E-state index is -0.654. The molecule has 0 N–H and O–H groups in total. The molecule has 0 radical (unpaired) electrons. The number of anilines is 1. The molecule has 3 rings (SSSR count). The Morgan fingerprint density at radius 3 is 2.80 bits per heavy atom. The maximum absolute atomic E-state index is 13.5. The summed E-state index contributed by atoms with van der Waals surface area (Å²) in [6, 6.07) is 9.94. The number of carbonyl (C=O) groups excluding carboxylic acids is 1. The van der Waals surface area contributed by atoms with Crippen LogP contribution in [0.3, 0.4) is 0 Å². The second kappa shape index (κ2) is 7.04. The number of fused-ring (bicyclic) bond motifs is 1. The lowest BCUT2D eigenvalue weighted by molar-refractivity contribution is -0.125. The Hall–Kier alpha value is -2.07. The van der Waals surface area contributed by atoms with Crippen molar-refractivity contribution in [2.24, 2.45) is 0 Å². The van der Waals surface area contributed by atoms with Crippen LogP contribution in [0.15, 0.2) is 36.4 Å². The Morgan fingerprint density at radius 1 is 1.32 bits per heavy atom. The Labute approximate surface area is 152 Å². The van der Waals surface area contributed by atoms with Gasteiger partial charge in [-0.15, -0.1) is 0 Å². The molecule has 0 fully saturated rings. The quantitative estimate of drug-likeness (QED) is 0.776. The fraction of sp³-hybridized carbons (Fsp3) is 0.350. The molecule has 2 aromatic rings. The molecular weight excluding hydrogens is 341 g/mol. The molecule has 5 heteroatoms. The van der Waals surface area contributed by atoms with Gasteiger partial charge >= 0.3 is 0 Å². The first-order valence-electron chi connectivity index (χ1n) is 8.41. The number of rotatable bonds is 3. The molecule has 3 nitrogen and oxygen atoms in total. The molecule has 2 atom stereocenters. The van der Waals surface area contributed by atoms with Gasteiger partial charge in [-0.2, -0.15) is 0 Å². The average Bonchev–Trinajstić information content (AvgIpc) is 2.57. The number of amides is 1. The summed E-state index contributed by atoms with van der Waals surface area (Å²) in [4.78, 5) is 14.8. The molecule has 132 valence electrons. The van der Waals surface area contributed by atoms with E-state index < -0.39 is 6.10 Å². The first-order chi connectivity index (χ1) is 11.9. The van der Waals surface area contributed by atoms with Crippen LogP contribution >= 0.6 is 11.6 Å². The SMILES string of the molecule is Cc1cc(Cl)ccc1O[C@@H](C)C(=O)N1c2ccc(F)cc2CC[C@H]1C. The summed E-state index contributed by atoms with van der Waals surface area (Å²) in [7, 11) is 0. The smallest absolute Gasteiger partial charge is 0.268 e. The highest BCUT2D eigenvalue weighted by atomic mass is 35.5. The zero-order valence-electron chi connectivity index (χ0n) is 14.6. The van der Waals surface area contributed by atoms with Gasteiger partial charge in [0.05, 0.1) is 0 Å². The number of ether oxygens (including phenoxy) is 1. The maximum Gasteiger partial charge on any atom is 0.268 e. The molecule has 25 heavy (non-hydrogen) atoms. The maximum atomic E-state index is 13.5. The van der Waals surface area contributed by atoms with Gasteiger partial charge in [0.2, 0.25) is 0 Å². The molecule has 1 aliphatic rings. The largest absolute Gasteiger partial charge is 0.481 e. The van der Waals surface area contributed by atoms with Crippen molar-refractivity contribution < 1.29 is 13.9 Å². The lowest BCUT2D eigenvalue weighted by Gasteiger charge is -2.36. The van der Waals surface area contributed by atoms with Crippen molar-refractivity contribution >= 4 is 23.2 Å². The third-order valence-corrected chi connectivity index (χ3v) is 4.83. The van der Waals surface area contributed by atoms with Gasteiger partial charge in [-0.1, -0.05) is 11.6 Å². The van der Waals surface area contributed by atoms with E-state index in [1.807, 2.05) is 13.8 Å². The van der Waals surface area contributed by atoms with Crippen LogP contribution in [0, 0.1) is 12.7 Å². The third-order valence-electron chi connectivity index (χ3n) is 4.60. The van der Waals surface area contributed by atoms with E-state index in [2.05, 4.69) is 0 Å². The second-order valence-corrected chi connectivity index (χ2v) is 6.98. The summed E-state index contributed by atoms with van der Waals surface area (Å²) in [5, 5.41) is 0.629. The topological polar surface area (TPSA) is 29.5 Å². The van der Waals surface area contributed by atoms with Gasteiger partial charge in [0.1, 0.15) is 11.6 Å². The van der Waals surface area contributed by atoms with Crippen molar-refractivity contribution in [3.63, 3.8) is 0 Å². The van der Waals surface area contributed by atoms with Gasteiger partial charge in [-0.3, -0.25) is 4.79 Å². The zero-order chi connectivity index (χ0) is 18.1. The number of halogens is 2. The van der Waals surface area contributed by atoms with Crippen LogP contribution in [-0.4, -0.2) is 18.1 Å². The Kier molecular flexibility index (Phi) is 5.00. The van der Waals surface area contributed by atoms with E-state index >= 15 is 0 Å². The number of benzene rings is 2. The zero-order valence-corrected chi connectivity index (χ0v) is 15.3. The highest BCUT2D eigenvalue weighted by Crippen LogP contribution is 2.32. The summed E-state index contributed by atoms with van der Waals surface area (Å²) in [6.45, 7) is 5.63. The summed E-state index contributed by atoms with van der Waals surface area (Å²) in [5.74, 6) is 0.227. The van der Waals surface area contributed by atoms with Crippen molar-refractivity contribution in [2.45, 2.75) is 45.8 Å². The van der Waals surface area contributed by atoms with E-state index in [0.29, 0.717) is 10.8 Å². The van der Waals surface area contributed by atoms with Crippen LogP contribution in [0.2, 0.25) is 5.02 Å². The van der Waals surface area contributed by atoms with Crippen LogP contribution in [0.1, 0.15) is 31.4 Å². The van der Waals surface area contributed by atoms with E-state index in [0.717, 1.165) is 29.7 Å². The first-order valence-corrected chi connectivity index (χ1v) is 8.79. The Morgan fingerprint density at radius 2 is 2.08 bits per heavy atom. The van der Waals surface area contributed by atoms with E-state index in [9.17, 15) is 9.18 Å². The molecule has 2 aromatic carbocycles. The van der Waals surface area contributed by atoms with Gasteiger partial charge in [0.15, 0.2) is 6.10 Å². The Bertz CT molecular complexity index is 808. The molecule has 0 saturated carbocycles. The van der Waals surface area contributed by atoms with Crippen LogP contribution in [0.5, 0.6) is 5.75 Å². The van der Waals surface area contributed by atoms with E-state index in [1.165, 1.54) is 12.1 Å². The van der Waals surface area contributed by atoms with Gasteiger partial charge in [0.25, 0.3) is 5.91 Å². The predicted octanol–water partition coefficient (Wildman–Crippen LogP) is 4.92. The minimum absolute atomic E-state index is 0.0443. The second-order valence-electron chi connectivity index (χ2n) is 6.54. The lowest BCUT2D eigenvalue weighted by Crippen LogP contribution is -2.48. The average molecular weight is 362 g/mol. The summed E-state index contributed by atoms with van der Waals surface area (Å²) in [5.41, 5.74) is 2.51. The van der Waals surface area contributed by atoms with Crippen molar-refractivity contribution in [2.75, 3.05) is 4.90 Å². The van der Waals surface area contributed by atoms with Crippen LogP contribution in [-0.2, 0) is 11.2 Å². The van der Waals surface area contributed by atoms with Gasteiger partial charge in [-0.25, -0.2) is 4.39 Å². The van der Waals surface area contributed by atoms with E-state index in [1.54, 1.807) is 36.1 Å². The lowest BCUT2D eigenvalue weighted by atomic mass is 9.96. The number of hydrogen-bond donors (Lipinski definition) is 0. The molecule has 0 saturated heterocycles. The monoisotopic (exact) mass is 361 g/mol. The molecule has 0 aliphatic carbocycles. The van der Waals surface area contributed by atoms with Crippen molar-refractivity contribution in [1.29, 1.82) is 0 Å². The molecule has 1 aliphatic heterocycles. The fourth-order valence-electron chi connectivity index (χ4n) is 3.24. The third kappa shape index (κ3) is 3.64. The Balaban J connectivity index is 1.84. The molecule has 1 amide bonds. The van der Waals surface area contributed by atoms with Gasteiger partial charge < -0.3 is 9.64 Å². The van der Waals surface area contributed by atoms with Gasteiger partial charge in [-0.05, 0) is 81.1 Å². The molecule has 0 bridgehead atoms.